The molecule has 1 aromatic carbocycles. The summed E-state index contributed by atoms with van der Waals surface area (Å²) in [7, 11) is 0. The second-order valence-electron chi connectivity index (χ2n) is 5.35. The summed E-state index contributed by atoms with van der Waals surface area (Å²) in [5, 5.41) is 6.02. The van der Waals surface area contributed by atoms with Crippen LogP contribution in [0.3, 0.4) is 0 Å². The van der Waals surface area contributed by atoms with Gasteiger partial charge in [0, 0.05) is 18.1 Å². The highest BCUT2D eigenvalue weighted by Gasteiger charge is 2.18. The van der Waals surface area contributed by atoms with Gasteiger partial charge in [-0.2, -0.15) is 0 Å². The average Bonchev–Trinajstić information content (AvgIpc) is 2.89. The molecule has 2 unspecified atom stereocenters. The molecule has 0 radical (unpaired) electrons. The van der Waals surface area contributed by atoms with Crippen molar-refractivity contribution in [3.05, 3.63) is 35.4 Å². The van der Waals surface area contributed by atoms with Gasteiger partial charge in [-0.15, -0.1) is 0 Å². The molecule has 3 nitrogen and oxygen atoms in total. The molecule has 2 rings (SSSR count). The molecule has 0 aromatic heterocycles. The second kappa shape index (κ2) is 6.79. The van der Waals surface area contributed by atoms with Gasteiger partial charge in [0.2, 0.25) is 5.91 Å². The van der Waals surface area contributed by atoms with Crippen LogP contribution in [0.25, 0.3) is 0 Å². The third-order valence-corrected chi connectivity index (χ3v) is 3.75. The summed E-state index contributed by atoms with van der Waals surface area (Å²) in [6, 6.07) is 2.95. The molecule has 1 aromatic rings. The van der Waals surface area contributed by atoms with Crippen LogP contribution in [-0.2, 0) is 4.79 Å². The molecule has 1 amide bonds. The Morgan fingerprint density at radius 2 is 2.30 bits per heavy atom. The van der Waals surface area contributed by atoms with Gasteiger partial charge >= 0.3 is 0 Å². The molecule has 1 heterocycles. The highest BCUT2D eigenvalue weighted by atomic mass is 19.1. The number of rotatable bonds is 5. The van der Waals surface area contributed by atoms with Crippen molar-refractivity contribution in [1.29, 1.82) is 0 Å². The lowest BCUT2D eigenvalue weighted by molar-refractivity contribution is -0.122. The summed E-state index contributed by atoms with van der Waals surface area (Å²) < 4.78 is 26.4. The quantitative estimate of drug-likeness (QED) is 0.871. The third kappa shape index (κ3) is 4.00. The largest absolute Gasteiger partial charge is 0.349 e. The maximum absolute atomic E-state index is 13.6. The number of carbonyl (C=O) groups excluding carboxylic acids is 1. The minimum Gasteiger partial charge on any atom is -0.349 e. The molecule has 1 saturated heterocycles. The number of amides is 1. The van der Waals surface area contributed by atoms with Gasteiger partial charge in [0.1, 0.15) is 11.6 Å². The monoisotopic (exact) mass is 282 g/mol. The number of halogens is 2. The van der Waals surface area contributed by atoms with E-state index in [1.165, 1.54) is 12.1 Å². The first-order chi connectivity index (χ1) is 9.56. The molecule has 2 atom stereocenters. The molecule has 0 aliphatic carbocycles. The van der Waals surface area contributed by atoms with Gasteiger partial charge in [-0.3, -0.25) is 4.79 Å². The highest BCUT2D eigenvalue weighted by Crippen LogP contribution is 2.19. The van der Waals surface area contributed by atoms with Crippen LogP contribution in [0.2, 0.25) is 0 Å². The minimum atomic E-state index is -0.627. The van der Waals surface area contributed by atoms with Gasteiger partial charge in [-0.1, -0.05) is 6.07 Å². The van der Waals surface area contributed by atoms with E-state index < -0.39 is 17.7 Å². The predicted octanol–water partition coefficient (Wildman–Crippen LogP) is 2.53. The van der Waals surface area contributed by atoms with E-state index in [4.69, 9.17) is 0 Å². The van der Waals surface area contributed by atoms with Crippen LogP contribution in [0.1, 0.15) is 37.8 Å². The van der Waals surface area contributed by atoms with Crippen molar-refractivity contribution in [3.8, 4) is 0 Å². The van der Waals surface area contributed by atoms with Crippen LogP contribution < -0.4 is 10.6 Å². The summed E-state index contributed by atoms with van der Waals surface area (Å²) in [6.45, 7) is 3.68. The Kier molecular flexibility index (Phi) is 5.06. The molecule has 0 saturated carbocycles. The fraction of sp³-hybridized carbons (Fsp3) is 0.533. The number of benzene rings is 1. The fourth-order valence-electron chi connectivity index (χ4n) is 2.54. The molecule has 1 aliphatic heterocycles. The molecule has 2 N–H and O–H groups in total. The van der Waals surface area contributed by atoms with Gasteiger partial charge in [-0.25, -0.2) is 8.78 Å². The van der Waals surface area contributed by atoms with E-state index in [-0.39, 0.29) is 5.91 Å². The van der Waals surface area contributed by atoms with Gasteiger partial charge < -0.3 is 10.6 Å². The molecule has 1 fully saturated rings. The van der Waals surface area contributed by atoms with Crippen molar-refractivity contribution >= 4 is 5.91 Å². The Labute approximate surface area is 117 Å². The lowest BCUT2D eigenvalue weighted by Gasteiger charge is -2.16. The van der Waals surface area contributed by atoms with Gasteiger partial charge in [-0.05, 0) is 44.8 Å². The smallest absolute Gasteiger partial charge is 0.220 e. The van der Waals surface area contributed by atoms with E-state index in [2.05, 4.69) is 10.6 Å². The zero-order valence-electron chi connectivity index (χ0n) is 11.6. The topological polar surface area (TPSA) is 41.1 Å². The van der Waals surface area contributed by atoms with Gasteiger partial charge in [0.05, 0.1) is 6.04 Å². The molecule has 20 heavy (non-hydrogen) atoms. The minimum absolute atomic E-state index is 0.0897. The van der Waals surface area contributed by atoms with Crippen LogP contribution in [0, 0.1) is 17.6 Å². The first kappa shape index (κ1) is 14.9. The van der Waals surface area contributed by atoms with Crippen molar-refractivity contribution in [2.45, 2.75) is 32.2 Å². The Morgan fingerprint density at radius 3 is 2.95 bits per heavy atom. The Balaban J connectivity index is 1.83. The normalized spacial score (nSPS) is 19.9. The SMILES string of the molecule is CC(NC(=O)CCC1CCNC1)c1ccc(F)cc1F. The van der Waals surface area contributed by atoms with Crippen LogP contribution in [0.5, 0.6) is 0 Å². The molecule has 110 valence electrons. The first-order valence-corrected chi connectivity index (χ1v) is 7.01. The number of hydrogen-bond acceptors (Lipinski definition) is 2. The summed E-state index contributed by atoms with van der Waals surface area (Å²) in [5.41, 5.74) is 0.308. The van der Waals surface area contributed by atoms with Crippen LogP contribution in [-0.4, -0.2) is 19.0 Å². The fourth-order valence-corrected chi connectivity index (χ4v) is 2.54. The zero-order chi connectivity index (χ0) is 14.5. The third-order valence-electron chi connectivity index (χ3n) is 3.75. The predicted molar refractivity (Wildman–Crippen MR) is 73.1 cm³/mol. The molecular weight excluding hydrogens is 262 g/mol. The molecular formula is C15H20F2N2O. The number of hydrogen-bond donors (Lipinski definition) is 2. The maximum atomic E-state index is 13.6. The lowest BCUT2D eigenvalue weighted by Crippen LogP contribution is -2.27. The van der Waals surface area contributed by atoms with Crippen molar-refractivity contribution < 1.29 is 13.6 Å². The highest BCUT2D eigenvalue weighted by molar-refractivity contribution is 5.76. The summed E-state index contributed by atoms with van der Waals surface area (Å²) in [4.78, 5) is 11.8. The number of carbonyl (C=O) groups is 1. The van der Waals surface area contributed by atoms with Gasteiger partial charge in [0.25, 0.3) is 0 Å². The van der Waals surface area contributed by atoms with Crippen LogP contribution >= 0.6 is 0 Å². The van der Waals surface area contributed by atoms with Crippen molar-refractivity contribution in [3.63, 3.8) is 0 Å². The average molecular weight is 282 g/mol. The Bertz CT molecular complexity index is 473. The molecule has 1 aliphatic rings. The van der Waals surface area contributed by atoms with Gasteiger partial charge in [0.15, 0.2) is 0 Å². The molecule has 0 bridgehead atoms. The lowest BCUT2D eigenvalue weighted by atomic mass is 10.0. The molecule has 0 spiro atoms. The summed E-state index contributed by atoms with van der Waals surface area (Å²) >= 11 is 0. The van der Waals surface area contributed by atoms with E-state index in [1.807, 2.05) is 0 Å². The van der Waals surface area contributed by atoms with Crippen molar-refractivity contribution in [2.75, 3.05) is 13.1 Å². The van der Waals surface area contributed by atoms with E-state index >= 15 is 0 Å². The van der Waals surface area contributed by atoms with Crippen LogP contribution in [0.4, 0.5) is 8.78 Å². The summed E-state index contributed by atoms with van der Waals surface area (Å²) in [5.74, 6) is -0.775. The standard InChI is InChI=1S/C15H20F2N2O/c1-10(13-4-3-12(16)8-14(13)17)19-15(20)5-2-11-6-7-18-9-11/h3-4,8,10-11,18H,2,5-7,9H2,1H3,(H,19,20). The Hall–Kier alpha value is -1.49. The molecule has 5 heteroatoms. The summed E-state index contributed by atoms with van der Waals surface area (Å²) in [6.07, 6.45) is 2.40. The second-order valence-corrected chi connectivity index (χ2v) is 5.35. The van der Waals surface area contributed by atoms with E-state index in [0.717, 1.165) is 32.0 Å². The maximum Gasteiger partial charge on any atom is 0.220 e. The van der Waals surface area contributed by atoms with E-state index in [0.29, 0.717) is 17.9 Å². The zero-order valence-corrected chi connectivity index (χ0v) is 11.6. The number of nitrogens with one attached hydrogen (secondary N) is 2. The van der Waals surface area contributed by atoms with E-state index in [1.54, 1.807) is 6.92 Å². The van der Waals surface area contributed by atoms with Crippen molar-refractivity contribution in [2.24, 2.45) is 5.92 Å². The van der Waals surface area contributed by atoms with Crippen LogP contribution in [0.15, 0.2) is 18.2 Å². The Morgan fingerprint density at radius 1 is 1.50 bits per heavy atom. The van der Waals surface area contributed by atoms with Crippen molar-refractivity contribution in [1.82, 2.24) is 10.6 Å². The first-order valence-electron chi connectivity index (χ1n) is 7.01. The van der Waals surface area contributed by atoms with E-state index in [9.17, 15) is 13.6 Å².